The SMILES string of the molecule is CCCCN1C(=O)CC(C(=O)NCc2nnc3ccc(C(F)(F)F)cn23)C1c1ccc(OC)cc1. The monoisotopic (exact) mass is 489 g/mol. The molecule has 8 nitrogen and oxygen atoms in total. The summed E-state index contributed by atoms with van der Waals surface area (Å²) in [5, 5.41) is 10.5. The second kappa shape index (κ2) is 9.93. The molecule has 1 N–H and O–H groups in total. The van der Waals surface area contributed by atoms with E-state index in [4.69, 9.17) is 4.74 Å². The van der Waals surface area contributed by atoms with E-state index in [1.165, 1.54) is 10.5 Å². The van der Waals surface area contributed by atoms with E-state index >= 15 is 0 Å². The number of nitrogens with zero attached hydrogens (tertiary/aromatic N) is 4. The maximum absolute atomic E-state index is 13.2. The maximum atomic E-state index is 13.2. The lowest BCUT2D eigenvalue weighted by atomic mass is 9.92. The van der Waals surface area contributed by atoms with E-state index in [-0.39, 0.29) is 36.3 Å². The quantitative estimate of drug-likeness (QED) is 0.521. The number of carbonyl (C=O) groups is 2. The number of carbonyl (C=O) groups excluding carboxylic acids is 2. The first-order valence-corrected chi connectivity index (χ1v) is 11.3. The number of methoxy groups -OCH3 is 1. The molecule has 2 amide bonds. The van der Waals surface area contributed by atoms with Crippen molar-refractivity contribution in [3.63, 3.8) is 0 Å². The summed E-state index contributed by atoms with van der Waals surface area (Å²) in [6.07, 6.45) is -1.86. The summed E-state index contributed by atoms with van der Waals surface area (Å²) in [5.74, 6) is -0.314. The average Bonchev–Trinajstić information content (AvgIpc) is 3.40. The molecule has 0 spiro atoms. The van der Waals surface area contributed by atoms with Crippen LogP contribution in [-0.2, 0) is 22.3 Å². The van der Waals surface area contributed by atoms with Crippen LogP contribution in [0.5, 0.6) is 5.75 Å². The van der Waals surface area contributed by atoms with E-state index < -0.39 is 23.7 Å². The number of amides is 2. The lowest BCUT2D eigenvalue weighted by Gasteiger charge is -2.28. The molecule has 1 aliphatic rings. The van der Waals surface area contributed by atoms with Gasteiger partial charge >= 0.3 is 6.18 Å². The molecule has 3 aromatic rings. The minimum Gasteiger partial charge on any atom is -0.497 e. The van der Waals surface area contributed by atoms with Crippen LogP contribution in [0.2, 0.25) is 0 Å². The summed E-state index contributed by atoms with van der Waals surface area (Å²) in [7, 11) is 1.56. The van der Waals surface area contributed by atoms with Crippen molar-refractivity contribution in [2.24, 2.45) is 5.92 Å². The molecule has 4 rings (SSSR count). The molecule has 0 radical (unpaired) electrons. The molecule has 2 unspecified atom stereocenters. The van der Waals surface area contributed by atoms with Crippen molar-refractivity contribution >= 4 is 17.5 Å². The lowest BCUT2D eigenvalue weighted by molar-refractivity contribution is -0.138. The topological polar surface area (TPSA) is 88.8 Å². The summed E-state index contributed by atoms with van der Waals surface area (Å²) in [5.41, 5.74) is 0.209. The summed E-state index contributed by atoms with van der Waals surface area (Å²) < 4.78 is 45.8. The molecule has 0 aliphatic carbocycles. The van der Waals surface area contributed by atoms with Gasteiger partial charge in [-0.3, -0.25) is 14.0 Å². The second-order valence-corrected chi connectivity index (χ2v) is 8.45. The molecule has 1 aliphatic heterocycles. The highest BCUT2D eigenvalue weighted by atomic mass is 19.4. The highest BCUT2D eigenvalue weighted by molar-refractivity contribution is 5.90. The number of hydrogen-bond acceptors (Lipinski definition) is 5. The van der Waals surface area contributed by atoms with E-state index in [2.05, 4.69) is 15.5 Å². The zero-order valence-electron chi connectivity index (χ0n) is 19.4. The Morgan fingerprint density at radius 2 is 1.91 bits per heavy atom. The van der Waals surface area contributed by atoms with Crippen LogP contribution >= 0.6 is 0 Å². The number of unbranched alkanes of at least 4 members (excludes halogenated alkanes) is 1. The summed E-state index contributed by atoms with van der Waals surface area (Å²) >= 11 is 0. The number of halogens is 3. The zero-order valence-corrected chi connectivity index (χ0v) is 19.4. The molecular formula is C24H26F3N5O3. The Morgan fingerprint density at radius 1 is 1.17 bits per heavy atom. The number of likely N-dealkylation sites (tertiary alicyclic amines) is 1. The van der Waals surface area contributed by atoms with Gasteiger partial charge in [0, 0.05) is 19.2 Å². The van der Waals surface area contributed by atoms with Crippen LogP contribution in [0, 0.1) is 5.92 Å². The molecule has 1 aromatic carbocycles. The van der Waals surface area contributed by atoms with Crippen LogP contribution in [0.3, 0.4) is 0 Å². The first kappa shape index (κ1) is 24.5. The largest absolute Gasteiger partial charge is 0.497 e. The molecule has 2 aromatic heterocycles. The van der Waals surface area contributed by atoms with Gasteiger partial charge in [-0.05, 0) is 36.2 Å². The van der Waals surface area contributed by atoms with Crippen molar-refractivity contribution in [3.8, 4) is 5.75 Å². The van der Waals surface area contributed by atoms with Crippen LogP contribution in [0.25, 0.3) is 5.65 Å². The van der Waals surface area contributed by atoms with Crippen molar-refractivity contribution in [1.82, 2.24) is 24.8 Å². The van der Waals surface area contributed by atoms with Gasteiger partial charge in [-0.2, -0.15) is 13.2 Å². The number of pyridine rings is 1. The first-order valence-electron chi connectivity index (χ1n) is 11.3. The second-order valence-electron chi connectivity index (χ2n) is 8.45. The third-order valence-corrected chi connectivity index (χ3v) is 6.20. The van der Waals surface area contributed by atoms with Crippen molar-refractivity contribution < 1.29 is 27.5 Å². The fraction of sp³-hybridized carbons (Fsp3) is 0.417. The standard InChI is InChI=1S/C24H26F3N5O3/c1-3-4-11-31-21(33)12-18(22(31)15-5-8-17(35-2)9-6-15)23(34)28-13-20-30-29-19-10-7-16(14-32(19)20)24(25,26)27/h5-10,14,18,22H,3-4,11-13H2,1-2H3,(H,28,34). The van der Waals surface area contributed by atoms with Crippen LogP contribution in [0.1, 0.15) is 49.2 Å². The highest BCUT2D eigenvalue weighted by Crippen LogP contribution is 2.39. The average molecular weight is 489 g/mol. The molecular weight excluding hydrogens is 463 g/mol. The molecule has 11 heteroatoms. The van der Waals surface area contributed by atoms with Gasteiger partial charge in [0.1, 0.15) is 5.75 Å². The number of nitrogens with one attached hydrogen (secondary N) is 1. The number of aromatic nitrogens is 3. The number of rotatable bonds is 8. The summed E-state index contributed by atoms with van der Waals surface area (Å²) in [6.45, 7) is 2.43. The van der Waals surface area contributed by atoms with Crippen molar-refractivity contribution in [3.05, 3.63) is 59.5 Å². The molecule has 3 heterocycles. The number of benzene rings is 1. The molecule has 1 saturated heterocycles. The van der Waals surface area contributed by atoms with Crippen LogP contribution in [0.4, 0.5) is 13.2 Å². The minimum atomic E-state index is -4.52. The zero-order chi connectivity index (χ0) is 25.2. The minimum absolute atomic E-state index is 0.0467. The van der Waals surface area contributed by atoms with E-state index in [9.17, 15) is 22.8 Å². The van der Waals surface area contributed by atoms with Gasteiger partial charge in [-0.15, -0.1) is 10.2 Å². The maximum Gasteiger partial charge on any atom is 0.417 e. The Kier molecular flexibility index (Phi) is 6.95. The highest BCUT2D eigenvalue weighted by Gasteiger charge is 2.44. The van der Waals surface area contributed by atoms with Gasteiger partial charge in [0.2, 0.25) is 11.8 Å². The number of ether oxygens (including phenoxy) is 1. The van der Waals surface area contributed by atoms with Crippen LogP contribution in [0.15, 0.2) is 42.6 Å². The predicted molar refractivity (Wildman–Crippen MR) is 120 cm³/mol. The normalized spacial score (nSPS) is 18.3. The van der Waals surface area contributed by atoms with E-state index in [1.807, 2.05) is 19.1 Å². The molecule has 35 heavy (non-hydrogen) atoms. The lowest BCUT2D eigenvalue weighted by Crippen LogP contribution is -2.36. The Morgan fingerprint density at radius 3 is 2.57 bits per heavy atom. The van der Waals surface area contributed by atoms with Crippen molar-refractivity contribution in [2.75, 3.05) is 13.7 Å². The van der Waals surface area contributed by atoms with Gasteiger partial charge in [0.05, 0.1) is 31.2 Å². The van der Waals surface area contributed by atoms with Crippen molar-refractivity contribution in [1.29, 1.82) is 0 Å². The summed E-state index contributed by atoms with van der Waals surface area (Å²) in [6, 6.07) is 8.95. The van der Waals surface area contributed by atoms with Gasteiger partial charge < -0.3 is 15.0 Å². The van der Waals surface area contributed by atoms with Crippen LogP contribution < -0.4 is 10.1 Å². The smallest absolute Gasteiger partial charge is 0.417 e. The number of fused-ring (bicyclic) bond motifs is 1. The molecule has 0 bridgehead atoms. The summed E-state index contributed by atoms with van der Waals surface area (Å²) in [4.78, 5) is 27.8. The van der Waals surface area contributed by atoms with Gasteiger partial charge in [-0.25, -0.2) is 0 Å². The fourth-order valence-corrected chi connectivity index (χ4v) is 4.35. The Labute approximate surface area is 200 Å². The molecule has 1 fully saturated rings. The van der Waals surface area contributed by atoms with Crippen LogP contribution in [-0.4, -0.2) is 45.0 Å². The van der Waals surface area contributed by atoms with E-state index in [1.54, 1.807) is 24.1 Å². The third kappa shape index (κ3) is 5.08. The Hall–Kier alpha value is -3.63. The van der Waals surface area contributed by atoms with Gasteiger partial charge in [0.25, 0.3) is 0 Å². The van der Waals surface area contributed by atoms with Gasteiger partial charge in [0.15, 0.2) is 11.5 Å². The predicted octanol–water partition coefficient (Wildman–Crippen LogP) is 3.76. The third-order valence-electron chi connectivity index (χ3n) is 6.20. The molecule has 0 saturated carbocycles. The van der Waals surface area contributed by atoms with E-state index in [0.29, 0.717) is 12.3 Å². The van der Waals surface area contributed by atoms with Gasteiger partial charge in [-0.1, -0.05) is 25.5 Å². The van der Waals surface area contributed by atoms with E-state index in [0.717, 1.165) is 30.7 Å². The number of alkyl halides is 3. The Bertz CT molecular complexity index is 1210. The number of hydrogen-bond donors (Lipinski definition) is 1. The molecule has 2 atom stereocenters. The van der Waals surface area contributed by atoms with Crippen molar-refractivity contribution in [2.45, 2.75) is 44.9 Å². The fourth-order valence-electron chi connectivity index (χ4n) is 4.35. The Balaban J connectivity index is 1.55. The first-order chi connectivity index (χ1) is 16.7. The molecule has 186 valence electrons.